The van der Waals surface area contributed by atoms with Crippen LogP contribution in [0, 0.1) is 0 Å². The fraction of sp³-hybridized carbons (Fsp3) is 0.357. The number of nitrogens with zero attached hydrogens (tertiary/aromatic N) is 2. The standard InChI is InChI=1S/C14H19BrN4O3S/c15-12-8-6-11(7-9-12)10-16-18-19(23)14(21)5-3-1-2-4-13(20)17-22/h6-10,18,22-23H,1-5H2,(H,17,20)/b16-10+. The maximum Gasteiger partial charge on any atom is 0.252 e. The fourth-order valence-electron chi connectivity index (χ4n) is 1.66. The summed E-state index contributed by atoms with van der Waals surface area (Å²) in [6.45, 7) is 0. The van der Waals surface area contributed by atoms with Crippen LogP contribution >= 0.6 is 28.7 Å². The lowest BCUT2D eigenvalue weighted by Gasteiger charge is -2.13. The van der Waals surface area contributed by atoms with Crippen molar-refractivity contribution < 1.29 is 14.8 Å². The summed E-state index contributed by atoms with van der Waals surface area (Å²) in [6, 6.07) is 7.54. The molecule has 9 heteroatoms. The van der Waals surface area contributed by atoms with Gasteiger partial charge in [-0.3, -0.25) is 14.8 Å². The first-order valence-electron chi connectivity index (χ1n) is 7.02. The van der Waals surface area contributed by atoms with E-state index in [1.807, 2.05) is 24.3 Å². The zero-order valence-corrected chi connectivity index (χ0v) is 14.9. The van der Waals surface area contributed by atoms with Crippen LogP contribution in [0.2, 0.25) is 0 Å². The molecule has 0 spiro atoms. The summed E-state index contributed by atoms with van der Waals surface area (Å²) in [6.07, 6.45) is 4.07. The zero-order valence-electron chi connectivity index (χ0n) is 12.4. The highest BCUT2D eigenvalue weighted by Gasteiger charge is 2.08. The van der Waals surface area contributed by atoms with Gasteiger partial charge in [-0.1, -0.05) is 34.5 Å². The van der Waals surface area contributed by atoms with Crippen molar-refractivity contribution in [2.75, 3.05) is 0 Å². The summed E-state index contributed by atoms with van der Waals surface area (Å²) in [7, 11) is 0. The van der Waals surface area contributed by atoms with E-state index in [-0.39, 0.29) is 12.3 Å². The Kier molecular flexibility index (Phi) is 9.34. The molecule has 0 aliphatic rings. The first kappa shape index (κ1) is 19.5. The Balaban J connectivity index is 2.20. The van der Waals surface area contributed by atoms with Gasteiger partial charge in [-0.2, -0.15) is 9.52 Å². The van der Waals surface area contributed by atoms with Crippen LogP contribution in [0.1, 0.15) is 37.7 Å². The Hall–Kier alpha value is -1.58. The summed E-state index contributed by atoms with van der Waals surface area (Å²) in [4.78, 5) is 22.6. The number of halogens is 1. The van der Waals surface area contributed by atoms with Crippen molar-refractivity contribution in [1.82, 2.24) is 15.4 Å². The quantitative estimate of drug-likeness (QED) is 0.168. The molecule has 0 aromatic heterocycles. The lowest BCUT2D eigenvalue weighted by atomic mass is 10.1. The van der Waals surface area contributed by atoms with Crippen molar-refractivity contribution in [3.63, 3.8) is 0 Å². The van der Waals surface area contributed by atoms with E-state index in [4.69, 9.17) is 5.21 Å². The normalized spacial score (nSPS) is 10.6. The molecule has 1 aromatic carbocycles. The summed E-state index contributed by atoms with van der Waals surface area (Å²) in [5, 5.41) is 12.3. The lowest BCUT2D eigenvalue weighted by molar-refractivity contribution is -0.129. The zero-order chi connectivity index (χ0) is 17.1. The van der Waals surface area contributed by atoms with Gasteiger partial charge in [-0.05, 0) is 43.4 Å². The van der Waals surface area contributed by atoms with Crippen LogP contribution in [0.25, 0.3) is 0 Å². The van der Waals surface area contributed by atoms with E-state index in [1.54, 1.807) is 11.7 Å². The Bertz CT molecular complexity index is 539. The highest BCUT2D eigenvalue weighted by molar-refractivity contribution is 9.10. The van der Waals surface area contributed by atoms with E-state index in [0.29, 0.717) is 25.7 Å². The van der Waals surface area contributed by atoms with Crippen molar-refractivity contribution in [1.29, 1.82) is 0 Å². The Labute approximate surface area is 148 Å². The maximum atomic E-state index is 11.8. The number of nitrogens with one attached hydrogen (secondary N) is 2. The molecule has 0 saturated heterocycles. The predicted octanol–water partition coefficient (Wildman–Crippen LogP) is 2.42. The van der Waals surface area contributed by atoms with Gasteiger partial charge in [0.15, 0.2) is 0 Å². The third-order valence-corrected chi connectivity index (χ3v) is 3.73. The number of thiol groups is 1. The lowest BCUT2D eigenvalue weighted by Crippen LogP contribution is -2.31. The third kappa shape index (κ3) is 8.58. The maximum absolute atomic E-state index is 11.8. The van der Waals surface area contributed by atoms with Crippen LogP contribution in [-0.2, 0) is 9.59 Å². The van der Waals surface area contributed by atoms with Crippen molar-refractivity contribution in [2.24, 2.45) is 5.10 Å². The molecule has 3 N–H and O–H groups in total. The molecule has 23 heavy (non-hydrogen) atoms. The van der Waals surface area contributed by atoms with Crippen molar-refractivity contribution in [2.45, 2.75) is 32.1 Å². The average Bonchev–Trinajstić information content (AvgIpc) is 2.55. The monoisotopic (exact) mass is 402 g/mol. The Morgan fingerprint density at radius 3 is 2.52 bits per heavy atom. The molecule has 1 aromatic rings. The van der Waals surface area contributed by atoms with E-state index in [1.165, 1.54) is 0 Å². The number of hydrogen-bond donors (Lipinski definition) is 4. The second-order valence-electron chi connectivity index (χ2n) is 4.71. The predicted molar refractivity (Wildman–Crippen MR) is 93.7 cm³/mol. The molecular weight excluding hydrogens is 384 g/mol. The minimum absolute atomic E-state index is 0.215. The van der Waals surface area contributed by atoms with Crippen molar-refractivity contribution >= 4 is 46.8 Å². The topological polar surface area (TPSA) is 94.0 Å². The first-order valence-corrected chi connectivity index (χ1v) is 8.21. The smallest absolute Gasteiger partial charge is 0.252 e. The molecule has 0 bridgehead atoms. The third-order valence-electron chi connectivity index (χ3n) is 2.89. The summed E-state index contributed by atoms with van der Waals surface area (Å²) in [5.41, 5.74) is 4.98. The number of amides is 2. The van der Waals surface area contributed by atoms with Gasteiger partial charge in [0.05, 0.1) is 6.21 Å². The average molecular weight is 403 g/mol. The van der Waals surface area contributed by atoms with Gasteiger partial charge < -0.3 is 0 Å². The van der Waals surface area contributed by atoms with Crippen LogP contribution in [0.4, 0.5) is 0 Å². The van der Waals surface area contributed by atoms with E-state index in [9.17, 15) is 9.59 Å². The number of hydrogen-bond acceptors (Lipinski definition) is 6. The Morgan fingerprint density at radius 2 is 1.87 bits per heavy atom. The molecule has 0 heterocycles. The van der Waals surface area contributed by atoms with Gasteiger partial charge >= 0.3 is 0 Å². The van der Waals surface area contributed by atoms with E-state index in [2.05, 4.69) is 39.4 Å². The highest BCUT2D eigenvalue weighted by atomic mass is 79.9. The molecule has 0 saturated carbocycles. The molecule has 0 radical (unpaired) electrons. The van der Waals surface area contributed by atoms with E-state index in [0.717, 1.165) is 14.5 Å². The number of hydrazone groups is 1. The second kappa shape index (κ2) is 11.0. The molecule has 0 aliphatic heterocycles. The van der Waals surface area contributed by atoms with Gasteiger partial charge in [0.2, 0.25) is 5.91 Å². The van der Waals surface area contributed by atoms with E-state index < -0.39 is 5.91 Å². The molecular formula is C14H19BrN4O3S. The van der Waals surface area contributed by atoms with Crippen molar-refractivity contribution in [3.05, 3.63) is 34.3 Å². The molecule has 1 rings (SSSR count). The van der Waals surface area contributed by atoms with Crippen LogP contribution < -0.4 is 11.0 Å². The number of carbonyl (C=O) groups is 2. The second-order valence-corrected chi connectivity index (χ2v) is 6.03. The van der Waals surface area contributed by atoms with Gasteiger partial charge in [0.1, 0.15) is 0 Å². The number of benzene rings is 1. The molecule has 0 unspecified atom stereocenters. The Morgan fingerprint density at radius 1 is 1.22 bits per heavy atom. The number of unbranched alkanes of at least 4 members (excludes halogenated alkanes) is 2. The van der Waals surface area contributed by atoms with Crippen LogP contribution in [-0.4, -0.2) is 27.7 Å². The summed E-state index contributed by atoms with van der Waals surface area (Å²) < 4.78 is 2.00. The summed E-state index contributed by atoms with van der Waals surface area (Å²) >= 11 is 7.36. The van der Waals surface area contributed by atoms with Crippen LogP contribution in [0.15, 0.2) is 33.8 Å². The molecule has 2 amide bonds. The molecule has 7 nitrogen and oxygen atoms in total. The summed E-state index contributed by atoms with van der Waals surface area (Å²) in [5.74, 6) is -0.635. The molecule has 126 valence electrons. The van der Waals surface area contributed by atoms with Crippen LogP contribution in [0.3, 0.4) is 0 Å². The van der Waals surface area contributed by atoms with Gasteiger partial charge in [-0.15, -0.1) is 0 Å². The molecule has 0 aliphatic carbocycles. The number of hydrazine groups is 1. The number of carbonyl (C=O) groups excluding carboxylic acids is 2. The number of rotatable bonds is 9. The number of hydroxylamine groups is 1. The minimum Gasteiger partial charge on any atom is -0.289 e. The molecule has 0 fully saturated rings. The first-order chi connectivity index (χ1) is 11.0. The van der Waals surface area contributed by atoms with Crippen molar-refractivity contribution in [3.8, 4) is 0 Å². The van der Waals surface area contributed by atoms with Crippen LogP contribution in [0.5, 0.6) is 0 Å². The van der Waals surface area contributed by atoms with Gasteiger partial charge in [0.25, 0.3) is 5.91 Å². The van der Waals surface area contributed by atoms with Gasteiger partial charge in [0, 0.05) is 17.3 Å². The SMILES string of the molecule is O=C(CCCCCC(=O)N(S)N/N=C/c1ccc(Br)cc1)NO. The molecule has 0 atom stereocenters. The van der Waals surface area contributed by atoms with E-state index >= 15 is 0 Å². The minimum atomic E-state index is -0.420. The fourth-order valence-corrected chi connectivity index (χ4v) is 2.08. The largest absolute Gasteiger partial charge is 0.289 e. The van der Waals surface area contributed by atoms with Gasteiger partial charge in [-0.25, -0.2) is 11.0 Å². The highest BCUT2D eigenvalue weighted by Crippen LogP contribution is 2.09.